The summed E-state index contributed by atoms with van der Waals surface area (Å²) in [4.78, 5) is 21.8. The van der Waals surface area contributed by atoms with Gasteiger partial charge in [-0.05, 0) is 24.6 Å². The van der Waals surface area contributed by atoms with E-state index >= 15 is 0 Å². The van der Waals surface area contributed by atoms with Crippen LogP contribution in [0.5, 0.6) is 5.75 Å². The number of amides is 2. The molecule has 0 unspecified atom stereocenters. The minimum Gasteiger partial charge on any atom is -0.496 e. The molecular formula is C13H17BrN2O4. The highest BCUT2D eigenvalue weighted by Gasteiger charge is 2.06. The summed E-state index contributed by atoms with van der Waals surface area (Å²) < 4.78 is 6.10. The zero-order valence-corrected chi connectivity index (χ0v) is 12.7. The minimum atomic E-state index is -0.869. The third-order valence-electron chi connectivity index (χ3n) is 2.53. The van der Waals surface area contributed by atoms with Crippen molar-refractivity contribution in [2.45, 2.75) is 19.4 Å². The van der Waals surface area contributed by atoms with Crippen molar-refractivity contribution in [3.05, 3.63) is 28.2 Å². The van der Waals surface area contributed by atoms with Crippen molar-refractivity contribution in [3.8, 4) is 5.75 Å². The number of hydrogen-bond donors (Lipinski definition) is 3. The third-order valence-corrected chi connectivity index (χ3v) is 3.03. The maximum Gasteiger partial charge on any atom is 0.315 e. The van der Waals surface area contributed by atoms with Crippen LogP contribution in [0.4, 0.5) is 4.79 Å². The molecule has 0 aliphatic rings. The molecule has 0 aliphatic heterocycles. The van der Waals surface area contributed by atoms with Crippen LogP contribution in [0, 0.1) is 0 Å². The van der Waals surface area contributed by atoms with Crippen molar-refractivity contribution in [1.29, 1.82) is 0 Å². The zero-order chi connectivity index (χ0) is 15.0. The Morgan fingerprint density at radius 3 is 2.75 bits per heavy atom. The fraction of sp³-hybridized carbons (Fsp3) is 0.385. The number of urea groups is 1. The predicted octanol–water partition coefficient (Wildman–Crippen LogP) is 2.12. The van der Waals surface area contributed by atoms with Crippen LogP contribution >= 0.6 is 15.9 Å². The highest BCUT2D eigenvalue weighted by molar-refractivity contribution is 9.10. The smallest absolute Gasteiger partial charge is 0.315 e. The molecule has 20 heavy (non-hydrogen) atoms. The number of carboxylic acids is 1. The molecule has 6 nitrogen and oxygen atoms in total. The number of aliphatic carboxylic acids is 1. The molecule has 0 saturated heterocycles. The van der Waals surface area contributed by atoms with Crippen molar-refractivity contribution in [3.63, 3.8) is 0 Å². The van der Waals surface area contributed by atoms with Gasteiger partial charge in [0, 0.05) is 29.5 Å². The Labute approximate surface area is 125 Å². The van der Waals surface area contributed by atoms with Crippen LogP contribution in [0.1, 0.15) is 18.4 Å². The number of carboxylic acid groups (broad SMARTS) is 1. The lowest BCUT2D eigenvalue weighted by Gasteiger charge is -2.11. The quantitative estimate of drug-likeness (QED) is 0.661. The summed E-state index contributed by atoms with van der Waals surface area (Å²) in [6.45, 7) is 0.654. The van der Waals surface area contributed by atoms with Gasteiger partial charge in [-0.3, -0.25) is 4.79 Å². The summed E-state index contributed by atoms with van der Waals surface area (Å²) in [5.74, 6) is -0.176. The SMILES string of the molecule is COc1ccc(Br)cc1CNC(=O)NCCCC(=O)O. The Morgan fingerprint density at radius 2 is 2.10 bits per heavy atom. The first kappa shape index (κ1) is 16.3. The zero-order valence-electron chi connectivity index (χ0n) is 11.1. The third kappa shape index (κ3) is 5.92. The Hall–Kier alpha value is -1.76. The first-order valence-corrected chi connectivity index (χ1v) is 6.88. The lowest BCUT2D eigenvalue weighted by atomic mass is 10.2. The summed E-state index contributed by atoms with van der Waals surface area (Å²) in [5.41, 5.74) is 0.850. The summed E-state index contributed by atoms with van der Waals surface area (Å²) in [6, 6.07) is 5.20. The topological polar surface area (TPSA) is 87.7 Å². The maximum absolute atomic E-state index is 11.5. The van der Waals surface area contributed by atoms with Crippen molar-refractivity contribution in [1.82, 2.24) is 10.6 Å². The van der Waals surface area contributed by atoms with Gasteiger partial charge in [0.25, 0.3) is 0 Å². The molecule has 0 radical (unpaired) electrons. The second-order valence-electron chi connectivity index (χ2n) is 4.06. The molecule has 0 bridgehead atoms. The van der Waals surface area contributed by atoms with Gasteiger partial charge in [0.2, 0.25) is 0 Å². The van der Waals surface area contributed by atoms with E-state index in [4.69, 9.17) is 9.84 Å². The fourth-order valence-corrected chi connectivity index (χ4v) is 1.97. The Bertz CT molecular complexity index is 479. The van der Waals surface area contributed by atoms with Crippen LogP contribution in [-0.4, -0.2) is 30.8 Å². The molecule has 0 fully saturated rings. The second kappa shape index (κ2) is 8.42. The van der Waals surface area contributed by atoms with E-state index in [0.29, 0.717) is 25.3 Å². The van der Waals surface area contributed by atoms with Crippen molar-refractivity contribution >= 4 is 27.9 Å². The van der Waals surface area contributed by atoms with Gasteiger partial charge in [-0.2, -0.15) is 0 Å². The summed E-state index contributed by atoms with van der Waals surface area (Å²) in [5, 5.41) is 13.8. The van der Waals surface area contributed by atoms with E-state index in [9.17, 15) is 9.59 Å². The number of nitrogens with one attached hydrogen (secondary N) is 2. The molecule has 0 heterocycles. The summed E-state index contributed by atoms with van der Waals surface area (Å²) >= 11 is 3.36. The number of halogens is 1. The van der Waals surface area contributed by atoms with Crippen LogP contribution < -0.4 is 15.4 Å². The van der Waals surface area contributed by atoms with E-state index < -0.39 is 5.97 Å². The average molecular weight is 345 g/mol. The average Bonchev–Trinajstić information content (AvgIpc) is 2.41. The largest absolute Gasteiger partial charge is 0.496 e. The van der Waals surface area contributed by atoms with Crippen molar-refractivity contribution in [2.75, 3.05) is 13.7 Å². The van der Waals surface area contributed by atoms with Crippen LogP contribution in [0.25, 0.3) is 0 Å². The van der Waals surface area contributed by atoms with E-state index in [1.54, 1.807) is 7.11 Å². The van der Waals surface area contributed by atoms with E-state index in [2.05, 4.69) is 26.6 Å². The van der Waals surface area contributed by atoms with Gasteiger partial charge >= 0.3 is 12.0 Å². The lowest BCUT2D eigenvalue weighted by Crippen LogP contribution is -2.35. The summed E-state index contributed by atoms with van der Waals surface area (Å²) in [7, 11) is 1.57. The molecule has 0 aliphatic carbocycles. The number of carbonyl (C=O) groups excluding carboxylic acids is 1. The van der Waals surface area contributed by atoms with Crippen molar-refractivity contribution < 1.29 is 19.4 Å². The molecule has 0 atom stereocenters. The lowest BCUT2D eigenvalue weighted by molar-refractivity contribution is -0.137. The van der Waals surface area contributed by atoms with Gasteiger partial charge in [0.05, 0.1) is 7.11 Å². The molecule has 1 aromatic rings. The normalized spacial score (nSPS) is 9.90. The molecule has 1 rings (SSSR count). The first-order chi connectivity index (χ1) is 9.52. The second-order valence-corrected chi connectivity index (χ2v) is 4.98. The van der Waals surface area contributed by atoms with Gasteiger partial charge in [-0.15, -0.1) is 0 Å². The van der Waals surface area contributed by atoms with Gasteiger partial charge in [-0.1, -0.05) is 15.9 Å². The Morgan fingerprint density at radius 1 is 1.35 bits per heavy atom. The van der Waals surface area contributed by atoms with Crippen molar-refractivity contribution in [2.24, 2.45) is 0 Å². The van der Waals surface area contributed by atoms with Gasteiger partial charge in [0.15, 0.2) is 0 Å². The molecule has 0 saturated carbocycles. The first-order valence-electron chi connectivity index (χ1n) is 6.09. The molecule has 110 valence electrons. The summed E-state index contributed by atoms with van der Waals surface area (Å²) in [6.07, 6.45) is 0.447. The molecule has 1 aromatic carbocycles. The molecular weight excluding hydrogens is 328 g/mol. The van der Waals surface area contributed by atoms with Crippen LogP contribution in [0.3, 0.4) is 0 Å². The van der Waals surface area contributed by atoms with E-state index in [0.717, 1.165) is 10.0 Å². The number of hydrogen-bond acceptors (Lipinski definition) is 3. The predicted molar refractivity (Wildman–Crippen MR) is 77.8 cm³/mol. The molecule has 2 amide bonds. The van der Waals surface area contributed by atoms with Gasteiger partial charge in [0.1, 0.15) is 5.75 Å². The van der Waals surface area contributed by atoms with E-state index in [1.807, 2.05) is 18.2 Å². The Kier molecular flexibility index (Phi) is 6.86. The van der Waals surface area contributed by atoms with Gasteiger partial charge < -0.3 is 20.5 Å². The number of methoxy groups -OCH3 is 1. The minimum absolute atomic E-state index is 0.0414. The van der Waals surface area contributed by atoms with Crippen LogP contribution in [0.15, 0.2) is 22.7 Å². The number of benzene rings is 1. The molecule has 0 aromatic heterocycles. The monoisotopic (exact) mass is 344 g/mol. The fourth-order valence-electron chi connectivity index (χ4n) is 1.56. The molecule has 0 spiro atoms. The van der Waals surface area contributed by atoms with E-state index in [1.165, 1.54) is 0 Å². The highest BCUT2D eigenvalue weighted by atomic mass is 79.9. The van der Waals surface area contributed by atoms with Crippen LogP contribution in [0.2, 0.25) is 0 Å². The molecule has 3 N–H and O–H groups in total. The van der Waals surface area contributed by atoms with E-state index in [-0.39, 0.29) is 12.5 Å². The number of carbonyl (C=O) groups is 2. The van der Waals surface area contributed by atoms with Gasteiger partial charge in [-0.25, -0.2) is 4.79 Å². The molecule has 7 heteroatoms. The number of ether oxygens (including phenoxy) is 1. The Balaban J connectivity index is 2.37. The highest BCUT2D eigenvalue weighted by Crippen LogP contribution is 2.22. The van der Waals surface area contributed by atoms with Crippen LogP contribution in [-0.2, 0) is 11.3 Å². The standard InChI is InChI=1S/C13H17BrN2O4/c1-20-11-5-4-10(14)7-9(11)8-16-13(19)15-6-2-3-12(17)18/h4-5,7H,2-3,6,8H2,1H3,(H,17,18)(H2,15,16,19). The number of rotatable bonds is 7. The maximum atomic E-state index is 11.5.